The molecule has 1 rings (SSSR count). The Morgan fingerprint density at radius 2 is 2.00 bits per heavy atom. The minimum absolute atomic E-state index is 0. The molecule has 0 saturated carbocycles. The minimum Gasteiger partial charge on any atom is -0.357 e. The number of nitrogens with zero attached hydrogens (tertiary/aromatic N) is 3. The molecule has 134 valence electrons. The summed E-state index contributed by atoms with van der Waals surface area (Å²) in [5.41, 5.74) is 3.69. The minimum atomic E-state index is 0. The summed E-state index contributed by atoms with van der Waals surface area (Å²) in [7, 11) is 2.00. The van der Waals surface area contributed by atoms with E-state index in [0.717, 1.165) is 31.2 Å². The highest BCUT2D eigenvalue weighted by molar-refractivity contribution is 14.0. The topological polar surface area (TPSA) is 54.2 Å². The molecule has 1 aromatic heterocycles. The first-order valence-electron chi connectivity index (χ1n) is 7.95. The third kappa shape index (κ3) is 7.32. The van der Waals surface area contributed by atoms with E-state index in [1.165, 1.54) is 11.3 Å². The fourth-order valence-electron chi connectivity index (χ4n) is 2.32. The second kappa shape index (κ2) is 11.2. The summed E-state index contributed by atoms with van der Waals surface area (Å²) in [6.07, 6.45) is 3.07. The van der Waals surface area contributed by atoms with Crippen molar-refractivity contribution in [3.63, 3.8) is 0 Å². The largest absolute Gasteiger partial charge is 0.357 e. The Morgan fingerprint density at radius 1 is 1.35 bits per heavy atom. The highest BCUT2D eigenvalue weighted by Crippen LogP contribution is 2.14. The summed E-state index contributed by atoms with van der Waals surface area (Å²) >= 11 is 1.84. The van der Waals surface area contributed by atoms with Gasteiger partial charge < -0.3 is 10.6 Å². The number of aliphatic imine (C=N–C) groups is 1. The van der Waals surface area contributed by atoms with Gasteiger partial charge in [0, 0.05) is 30.6 Å². The van der Waals surface area contributed by atoms with Crippen molar-refractivity contribution in [2.45, 2.75) is 52.3 Å². The average molecular weight is 453 g/mol. The van der Waals surface area contributed by atoms with Crippen molar-refractivity contribution in [2.24, 2.45) is 12.0 Å². The van der Waals surface area contributed by atoms with Crippen molar-refractivity contribution >= 4 is 41.7 Å². The van der Waals surface area contributed by atoms with Gasteiger partial charge in [0.25, 0.3) is 0 Å². The van der Waals surface area contributed by atoms with Crippen LogP contribution in [-0.2, 0) is 13.5 Å². The maximum absolute atomic E-state index is 4.67. The van der Waals surface area contributed by atoms with E-state index in [4.69, 9.17) is 0 Å². The maximum Gasteiger partial charge on any atom is 0.191 e. The van der Waals surface area contributed by atoms with Gasteiger partial charge in [-0.25, -0.2) is 0 Å². The summed E-state index contributed by atoms with van der Waals surface area (Å²) < 4.78 is 1.96. The van der Waals surface area contributed by atoms with Gasteiger partial charge in [-0.2, -0.15) is 16.9 Å². The third-order valence-electron chi connectivity index (χ3n) is 3.81. The predicted molar refractivity (Wildman–Crippen MR) is 113 cm³/mol. The number of guanidine groups is 1. The second-order valence-electron chi connectivity index (χ2n) is 5.79. The Bertz CT molecular complexity index is 501. The molecule has 0 bridgehead atoms. The van der Waals surface area contributed by atoms with Gasteiger partial charge in [0.05, 0.1) is 12.2 Å². The number of halogens is 1. The number of rotatable bonds is 7. The van der Waals surface area contributed by atoms with Crippen LogP contribution in [0.15, 0.2) is 4.99 Å². The molecule has 2 unspecified atom stereocenters. The third-order valence-corrected chi connectivity index (χ3v) is 4.76. The molecule has 23 heavy (non-hydrogen) atoms. The molecule has 2 atom stereocenters. The highest BCUT2D eigenvalue weighted by atomic mass is 127. The van der Waals surface area contributed by atoms with Crippen LogP contribution < -0.4 is 10.6 Å². The van der Waals surface area contributed by atoms with Gasteiger partial charge in [-0.3, -0.25) is 9.67 Å². The van der Waals surface area contributed by atoms with Crippen LogP contribution >= 0.6 is 35.7 Å². The van der Waals surface area contributed by atoms with Gasteiger partial charge in [0.1, 0.15) is 0 Å². The van der Waals surface area contributed by atoms with E-state index in [2.05, 4.69) is 61.6 Å². The van der Waals surface area contributed by atoms with Crippen LogP contribution in [0.3, 0.4) is 0 Å². The van der Waals surface area contributed by atoms with Crippen molar-refractivity contribution in [1.82, 2.24) is 20.4 Å². The fourth-order valence-corrected chi connectivity index (χ4v) is 2.54. The van der Waals surface area contributed by atoms with E-state index < -0.39 is 0 Å². The number of nitrogens with one attached hydrogen (secondary N) is 2. The normalized spacial score (nSPS) is 14.1. The number of aromatic nitrogens is 2. The van der Waals surface area contributed by atoms with Crippen molar-refractivity contribution in [1.29, 1.82) is 0 Å². The van der Waals surface area contributed by atoms with Crippen molar-refractivity contribution in [3.05, 3.63) is 17.0 Å². The molecular weight excluding hydrogens is 421 g/mol. The number of hydrogen-bond acceptors (Lipinski definition) is 3. The second-order valence-corrected chi connectivity index (χ2v) is 7.06. The molecule has 0 radical (unpaired) electrons. The highest BCUT2D eigenvalue weighted by Gasteiger charge is 2.14. The molecule has 2 N–H and O–H groups in total. The smallest absolute Gasteiger partial charge is 0.191 e. The average Bonchev–Trinajstić information content (AvgIpc) is 2.71. The monoisotopic (exact) mass is 453 g/mol. The molecule has 0 saturated heterocycles. The molecule has 0 amide bonds. The van der Waals surface area contributed by atoms with Gasteiger partial charge in [-0.1, -0.05) is 6.92 Å². The Hall–Kier alpha value is -0.440. The number of aryl methyl sites for hydroxylation is 2. The van der Waals surface area contributed by atoms with Crippen LogP contribution in [0.5, 0.6) is 0 Å². The van der Waals surface area contributed by atoms with Crippen LogP contribution in [0.4, 0.5) is 0 Å². The molecule has 0 fully saturated rings. The van der Waals surface area contributed by atoms with Crippen molar-refractivity contribution < 1.29 is 0 Å². The summed E-state index contributed by atoms with van der Waals surface area (Å²) in [5, 5.41) is 11.8. The van der Waals surface area contributed by atoms with E-state index in [-0.39, 0.29) is 24.0 Å². The van der Waals surface area contributed by atoms with Crippen molar-refractivity contribution in [3.8, 4) is 0 Å². The van der Waals surface area contributed by atoms with E-state index in [9.17, 15) is 0 Å². The molecule has 0 aliphatic rings. The molecule has 0 aliphatic carbocycles. The Labute approximate surface area is 162 Å². The number of hydrogen-bond donors (Lipinski definition) is 2. The Balaban J connectivity index is 0.00000484. The van der Waals surface area contributed by atoms with Crippen LogP contribution in [0, 0.1) is 13.8 Å². The lowest BCUT2D eigenvalue weighted by atomic mass is 10.1. The lowest BCUT2D eigenvalue weighted by Crippen LogP contribution is -2.43. The fraction of sp³-hybridized carbons (Fsp3) is 0.750. The summed E-state index contributed by atoms with van der Waals surface area (Å²) in [5.74, 6) is 0.898. The summed E-state index contributed by atoms with van der Waals surface area (Å²) in [6, 6.07) is 0.309. The van der Waals surface area contributed by atoms with Gasteiger partial charge in [-0.15, -0.1) is 24.0 Å². The predicted octanol–water partition coefficient (Wildman–Crippen LogP) is 2.89. The molecule has 5 nitrogen and oxygen atoms in total. The van der Waals surface area contributed by atoms with Crippen molar-refractivity contribution in [2.75, 3.05) is 19.3 Å². The SMILES string of the molecule is CCNC(=NCC(C)SC)NC(C)Cc1c(C)nn(C)c1C.I. The van der Waals surface area contributed by atoms with Crippen LogP contribution in [0.1, 0.15) is 37.7 Å². The summed E-state index contributed by atoms with van der Waals surface area (Å²) in [4.78, 5) is 4.67. The van der Waals surface area contributed by atoms with Gasteiger partial charge >= 0.3 is 0 Å². The van der Waals surface area contributed by atoms with Gasteiger partial charge in [0.2, 0.25) is 0 Å². The lowest BCUT2D eigenvalue weighted by Gasteiger charge is -2.18. The van der Waals surface area contributed by atoms with Crippen LogP contribution in [0.25, 0.3) is 0 Å². The van der Waals surface area contributed by atoms with Crippen LogP contribution in [0.2, 0.25) is 0 Å². The molecular formula is C16H32IN5S. The first kappa shape index (κ1) is 22.6. The van der Waals surface area contributed by atoms with E-state index in [1.807, 2.05) is 23.5 Å². The quantitative estimate of drug-likeness (QED) is 0.379. The van der Waals surface area contributed by atoms with Gasteiger partial charge in [-0.05, 0) is 45.9 Å². The zero-order valence-electron chi connectivity index (χ0n) is 15.4. The first-order chi connectivity index (χ1) is 10.4. The standard InChI is InChI=1S/C16H31N5S.HI/c1-8-17-16(18-10-12(3)22-7)19-11(2)9-15-13(4)20-21(6)14(15)5;/h11-12H,8-10H2,1-7H3,(H2,17,18,19);1H. The lowest BCUT2D eigenvalue weighted by molar-refractivity contribution is 0.635. The zero-order chi connectivity index (χ0) is 16.7. The molecule has 0 spiro atoms. The molecule has 1 aromatic rings. The van der Waals surface area contributed by atoms with E-state index >= 15 is 0 Å². The number of thioether (sulfide) groups is 1. The zero-order valence-corrected chi connectivity index (χ0v) is 18.6. The van der Waals surface area contributed by atoms with E-state index in [1.54, 1.807) is 0 Å². The molecule has 0 aromatic carbocycles. The molecule has 7 heteroatoms. The Morgan fingerprint density at radius 3 is 2.48 bits per heavy atom. The van der Waals surface area contributed by atoms with E-state index in [0.29, 0.717) is 11.3 Å². The summed E-state index contributed by atoms with van der Waals surface area (Å²) in [6.45, 7) is 12.4. The molecule has 1 heterocycles. The van der Waals surface area contributed by atoms with Crippen LogP contribution in [-0.4, -0.2) is 46.4 Å². The maximum atomic E-state index is 4.67. The first-order valence-corrected chi connectivity index (χ1v) is 9.24. The molecule has 0 aliphatic heterocycles. The Kier molecular flexibility index (Phi) is 11.0. The van der Waals surface area contributed by atoms with Gasteiger partial charge in [0.15, 0.2) is 5.96 Å².